The van der Waals surface area contributed by atoms with Gasteiger partial charge in [0.25, 0.3) is 0 Å². The summed E-state index contributed by atoms with van der Waals surface area (Å²) in [6.45, 7) is 5.65. The molecule has 1 aliphatic heterocycles. The normalized spacial score (nSPS) is 18.3. The van der Waals surface area contributed by atoms with Gasteiger partial charge in [0.05, 0.1) is 17.8 Å². The Balaban J connectivity index is 1.54. The van der Waals surface area contributed by atoms with Gasteiger partial charge in [-0.1, -0.05) is 0 Å². The standard InChI is InChI=1S/C18H28N6O3S/c1-14-7-9-20-24(14)11-5-8-19-18(25)16-6-4-10-23(13-16)28(26,27)17-12-21-22(3)15(17)2/h7,9,12,16H,4-6,8,10-11,13H2,1-3H3,(H,19,25)/t16-/m1/s1. The second-order valence-corrected chi connectivity index (χ2v) is 9.17. The Bertz CT molecular complexity index is 933. The molecule has 0 aliphatic carbocycles. The summed E-state index contributed by atoms with van der Waals surface area (Å²) in [5.74, 6) is -0.410. The number of aromatic nitrogens is 4. The molecule has 2 aromatic heterocycles. The van der Waals surface area contributed by atoms with Crippen LogP contribution in [0.15, 0.2) is 23.4 Å². The molecule has 1 aliphatic rings. The molecule has 28 heavy (non-hydrogen) atoms. The summed E-state index contributed by atoms with van der Waals surface area (Å²) in [4.78, 5) is 12.7. The van der Waals surface area contributed by atoms with Crippen LogP contribution in [0.1, 0.15) is 30.7 Å². The van der Waals surface area contributed by atoms with E-state index in [9.17, 15) is 13.2 Å². The van der Waals surface area contributed by atoms with Crippen LogP contribution in [-0.2, 0) is 28.4 Å². The molecule has 2 aromatic rings. The van der Waals surface area contributed by atoms with Crippen LogP contribution < -0.4 is 5.32 Å². The first-order valence-electron chi connectivity index (χ1n) is 9.55. The molecule has 1 saturated heterocycles. The molecule has 9 nitrogen and oxygen atoms in total. The third kappa shape index (κ3) is 4.27. The van der Waals surface area contributed by atoms with Gasteiger partial charge in [-0.2, -0.15) is 14.5 Å². The molecule has 0 bridgehead atoms. The summed E-state index contributed by atoms with van der Waals surface area (Å²) in [5, 5.41) is 11.2. The van der Waals surface area contributed by atoms with Crippen molar-refractivity contribution < 1.29 is 13.2 Å². The van der Waals surface area contributed by atoms with Crippen molar-refractivity contribution >= 4 is 15.9 Å². The maximum Gasteiger partial charge on any atom is 0.246 e. The van der Waals surface area contributed by atoms with Gasteiger partial charge in [-0.3, -0.25) is 14.2 Å². The number of piperidine rings is 1. The van der Waals surface area contributed by atoms with Crippen LogP contribution in [0, 0.1) is 19.8 Å². The highest BCUT2D eigenvalue weighted by molar-refractivity contribution is 7.89. The summed E-state index contributed by atoms with van der Waals surface area (Å²) >= 11 is 0. The van der Waals surface area contributed by atoms with Crippen molar-refractivity contribution in [3.63, 3.8) is 0 Å². The van der Waals surface area contributed by atoms with E-state index in [1.54, 1.807) is 24.9 Å². The van der Waals surface area contributed by atoms with Crippen molar-refractivity contribution in [3.8, 4) is 0 Å². The molecule has 1 amide bonds. The van der Waals surface area contributed by atoms with Gasteiger partial charge in [-0.25, -0.2) is 8.42 Å². The lowest BCUT2D eigenvalue weighted by Gasteiger charge is -2.31. The zero-order chi connectivity index (χ0) is 20.3. The highest BCUT2D eigenvalue weighted by Crippen LogP contribution is 2.25. The predicted octanol–water partition coefficient (Wildman–Crippen LogP) is 0.841. The van der Waals surface area contributed by atoms with E-state index in [0.29, 0.717) is 31.6 Å². The molecule has 0 spiro atoms. The minimum atomic E-state index is -3.64. The SMILES string of the molecule is Cc1c(S(=O)(=O)N2CCC[C@@H](C(=O)NCCCn3nccc3C)C2)cnn1C. The van der Waals surface area contributed by atoms with E-state index in [1.165, 1.54) is 10.5 Å². The maximum atomic E-state index is 12.9. The zero-order valence-corrected chi connectivity index (χ0v) is 17.4. The Morgan fingerprint density at radius 3 is 2.75 bits per heavy atom. The maximum absolute atomic E-state index is 12.9. The van der Waals surface area contributed by atoms with E-state index in [-0.39, 0.29) is 23.3 Å². The van der Waals surface area contributed by atoms with Gasteiger partial charge < -0.3 is 5.32 Å². The van der Waals surface area contributed by atoms with Gasteiger partial charge in [-0.15, -0.1) is 0 Å². The largest absolute Gasteiger partial charge is 0.356 e. The number of carbonyl (C=O) groups is 1. The Hall–Kier alpha value is -2.20. The van der Waals surface area contributed by atoms with E-state index in [1.807, 2.05) is 17.7 Å². The first-order chi connectivity index (χ1) is 13.3. The molecule has 0 saturated carbocycles. The van der Waals surface area contributed by atoms with Crippen LogP contribution in [0.5, 0.6) is 0 Å². The minimum absolute atomic E-state index is 0.0833. The van der Waals surface area contributed by atoms with Gasteiger partial charge in [0.15, 0.2) is 0 Å². The van der Waals surface area contributed by atoms with Crippen LogP contribution in [-0.4, -0.2) is 57.8 Å². The van der Waals surface area contributed by atoms with Crippen molar-refractivity contribution in [2.45, 2.75) is 44.6 Å². The zero-order valence-electron chi connectivity index (χ0n) is 16.6. The van der Waals surface area contributed by atoms with E-state index < -0.39 is 10.0 Å². The average molecular weight is 409 g/mol. The van der Waals surface area contributed by atoms with Crippen molar-refractivity contribution in [3.05, 3.63) is 29.8 Å². The second kappa shape index (κ2) is 8.44. The van der Waals surface area contributed by atoms with Gasteiger partial charge in [0.1, 0.15) is 4.90 Å². The highest BCUT2D eigenvalue weighted by atomic mass is 32.2. The molecule has 1 fully saturated rings. The molecule has 1 N–H and O–H groups in total. The number of nitrogens with one attached hydrogen (secondary N) is 1. The Labute approximate surface area is 165 Å². The second-order valence-electron chi connectivity index (χ2n) is 7.26. The molecule has 0 unspecified atom stereocenters. The Kier molecular flexibility index (Phi) is 6.19. The van der Waals surface area contributed by atoms with Gasteiger partial charge in [0, 0.05) is 45.1 Å². The molecule has 1 atom stereocenters. The van der Waals surface area contributed by atoms with Crippen LogP contribution in [0.2, 0.25) is 0 Å². The number of carbonyl (C=O) groups excluding carboxylic acids is 1. The Morgan fingerprint density at radius 2 is 2.11 bits per heavy atom. The molecular formula is C18H28N6O3S. The lowest BCUT2D eigenvalue weighted by atomic mass is 9.99. The quantitative estimate of drug-likeness (QED) is 0.684. The fourth-order valence-electron chi connectivity index (χ4n) is 3.46. The molecule has 0 aromatic carbocycles. The fourth-order valence-corrected chi connectivity index (χ4v) is 5.17. The summed E-state index contributed by atoms with van der Waals surface area (Å²) in [7, 11) is -1.93. The molecule has 3 rings (SSSR count). The summed E-state index contributed by atoms with van der Waals surface area (Å²) in [6, 6.07) is 1.94. The first-order valence-corrected chi connectivity index (χ1v) is 11.0. The van der Waals surface area contributed by atoms with Crippen LogP contribution in [0.3, 0.4) is 0 Å². The lowest BCUT2D eigenvalue weighted by Crippen LogP contribution is -2.45. The molecule has 10 heteroatoms. The summed E-state index contributed by atoms with van der Waals surface area (Å²) in [5.41, 5.74) is 1.69. The van der Waals surface area contributed by atoms with Gasteiger partial charge in [-0.05, 0) is 39.2 Å². The number of nitrogens with zero attached hydrogens (tertiary/aromatic N) is 5. The highest BCUT2D eigenvalue weighted by Gasteiger charge is 2.34. The lowest BCUT2D eigenvalue weighted by molar-refractivity contribution is -0.126. The van der Waals surface area contributed by atoms with Crippen LogP contribution >= 0.6 is 0 Å². The van der Waals surface area contributed by atoms with Crippen molar-refractivity contribution in [2.75, 3.05) is 19.6 Å². The minimum Gasteiger partial charge on any atom is -0.356 e. The molecule has 154 valence electrons. The van der Waals surface area contributed by atoms with E-state index in [2.05, 4.69) is 15.5 Å². The summed E-state index contributed by atoms with van der Waals surface area (Å²) < 4.78 is 30.7. The van der Waals surface area contributed by atoms with E-state index >= 15 is 0 Å². The van der Waals surface area contributed by atoms with Gasteiger partial charge >= 0.3 is 0 Å². The van der Waals surface area contributed by atoms with Crippen LogP contribution in [0.25, 0.3) is 0 Å². The van der Waals surface area contributed by atoms with E-state index in [4.69, 9.17) is 0 Å². The van der Waals surface area contributed by atoms with Crippen molar-refractivity contribution in [1.82, 2.24) is 29.2 Å². The van der Waals surface area contributed by atoms with E-state index in [0.717, 1.165) is 18.7 Å². The monoisotopic (exact) mass is 408 g/mol. The van der Waals surface area contributed by atoms with Crippen LogP contribution in [0.4, 0.5) is 0 Å². The molecule has 3 heterocycles. The smallest absolute Gasteiger partial charge is 0.246 e. The third-order valence-electron chi connectivity index (χ3n) is 5.34. The van der Waals surface area contributed by atoms with Gasteiger partial charge in [0.2, 0.25) is 15.9 Å². The topological polar surface area (TPSA) is 102 Å². The van der Waals surface area contributed by atoms with Crippen molar-refractivity contribution in [1.29, 1.82) is 0 Å². The number of amides is 1. The number of hydrogen-bond acceptors (Lipinski definition) is 5. The van der Waals surface area contributed by atoms with Crippen molar-refractivity contribution in [2.24, 2.45) is 13.0 Å². The molecule has 0 radical (unpaired) electrons. The average Bonchev–Trinajstić information content (AvgIpc) is 3.24. The summed E-state index contributed by atoms with van der Waals surface area (Å²) in [6.07, 6.45) is 5.28. The first kappa shape index (κ1) is 20.5. The predicted molar refractivity (Wildman–Crippen MR) is 104 cm³/mol. The fraction of sp³-hybridized carbons (Fsp3) is 0.611. The number of sulfonamides is 1. The number of hydrogen-bond donors (Lipinski definition) is 1. The Morgan fingerprint density at radius 1 is 1.32 bits per heavy atom. The number of rotatable bonds is 7. The third-order valence-corrected chi connectivity index (χ3v) is 7.31. The molecular weight excluding hydrogens is 380 g/mol. The number of aryl methyl sites for hydroxylation is 3.